The average Bonchev–Trinajstić information content (AvgIpc) is 2.51. The Labute approximate surface area is 155 Å². The summed E-state index contributed by atoms with van der Waals surface area (Å²) < 4.78 is 5.03. The highest BCUT2D eigenvalue weighted by Gasteiger charge is 2.36. The number of hydrogen-bond donors (Lipinski definition) is 4. The number of urea groups is 1. The van der Waals surface area contributed by atoms with Gasteiger partial charge in [-0.15, -0.1) is 0 Å². The number of carbonyl (C=O) groups excluding carboxylic acids is 2. The third kappa shape index (κ3) is 6.26. The Hall–Kier alpha value is -3.14. The lowest BCUT2D eigenvalue weighted by molar-refractivity contribution is -0.147. The van der Waals surface area contributed by atoms with Gasteiger partial charge in [-0.25, -0.2) is 24.1 Å². The van der Waals surface area contributed by atoms with Crippen LogP contribution >= 0.6 is 0 Å². The van der Waals surface area contributed by atoms with E-state index < -0.39 is 41.8 Å². The van der Waals surface area contributed by atoms with Gasteiger partial charge in [0.1, 0.15) is 11.6 Å². The van der Waals surface area contributed by atoms with E-state index >= 15 is 0 Å². The van der Waals surface area contributed by atoms with Crippen molar-refractivity contribution in [2.24, 2.45) is 5.73 Å². The number of rotatable bonds is 6. The summed E-state index contributed by atoms with van der Waals surface area (Å²) in [6.07, 6.45) is -3.21. The zero-order valence-electron chi connectivity index (χ0n) is 15.1. The lowest BCUT2D eigenvalue weighted by Crippen LogP contribution is -2.53. The molecule has 0 saturated carbocycles. The van der Waals surface area contributed by atoms with Crippen LogP contribution in [0, 0.1) is 0 Å². The highest BCUT2D eigenvalue weighted by Crippen LogP contribution is 2.18. The number of carboxylic acids is 2. The molecule has 1 rings (SSSR count). The molecule has 148 valence electrons. The second kappa shape index (κ2) is 8.49. The summed E-state index contributed by atoms with van der Waals surface area (Å²) in [4.78, 5) is 46.6. The molecule has 5 N–H and O–H groups in total. The highest BCUT2D eigenvalue weighted by molar-refractivity contribution is 5.95. The van der Waals surface area contributed by atoms with Crippen LogP contribution in [0.25, 0.3) is 0 Å². The number of imide groups is 1. The number of aliphatic hydroxyl groups excluding tert-OH is 1. The van der Waals surface area contributed by atoms with Crippen molar-refractivity contribution in [3.8, 4) is 0 Å². The van der Waals surface area contributed by atoms with E-state index in [-0.39, 0.29) is 12.0 Å². The van der Waals surface area contributed by atoms with E-state index in [0.717, 1.165) is 0 Å². The molecule has 0 saturated heterocycles. The Bertz CT molecular complexity index is 723. The van der Waals surface area contributed by atoms with Gasteiger partial charge in [0.05, 0.1) is 0 Å². The van der Waals surface area contributed by atoms with Crippen molar-refractivity contribution in [3.05, 3.63) is 35.4 Å². The molecule has 1 aromatic carbocycles. The Morgan fingerprint density at radius 2 is 1.59 bits per heavy atom. The summed E-state index contributed by atoms with van der Waals surface area (Å²) in [5.41, 5.74) is 4.67. The number of ether oxygens (including phenoxy) is 1. The fourth-order valence-corrected chi connectivity index (χ4v) is 2.17. The highest BCUT2D eigenvalue weighted by atomic mass is 16.6. The van der Waals surface area contributed by atoms with Crippen molar-refractivity contribution in [2.45, 2.75) is 44.9 Å². The number of hydrogen-bond acceptors (Lipinski definition) is 6. The van der Waals surface area contributed by atoms with Crippen LogP contribution in [-0.2, 0) is 20.7 Å². The molecule has 10 heteroatoms. The largest absolute Gasteiger partial charge is 0.480 e. The van der Waals surface area contributed by atoms with Gasteiger partial charge in [-0.2, -0.15) is 0 Å². The van der Waals surface area contributed by atoms with Gasteiger partial charge in [0.2, 0.25) is 0 Å². The molecule has 1 unspecified atom stereocenters. The van der Waals surface area contributed by atoms with Crippen LogP contribution in [0.3, 0.4) is 0 Å². The maximum Gasteiger partial charge on any atom is 0.419 e. The number of aliphatic carboxylic acids is 2. The maximum atomic E-state index is 12.2. The third-order valence-corrected chi connectivity index (χ3v) is 3.38. The summed E-state index contributed by atoms with van der Waals surface area (Å²) in [5, 5.41) is 27.7. The van der Waals surface area contributed by atoms with E-state index in [1.807, 2.05) is 0 Å². The fourth-order valence-electron chi connectivity index (χ4n) is 2.17. The fraction of sp³-hybridized carbons (Fsp3) is 0.412. The predicted octanol–water partition coefficient (Wildman–Crippen LogP) is 1.12. The minimum absolute atomic E-state index is 0.0945. The van der Waals surface area contributed by atoms with Crippen LogP contribution in [-0.4, -0.2) is 55.9 Å². The van der Waals surface area contributed by atoms with Crippen molar-refractivity contribution in [1.29, 1.82) is 0 Å². The summed E-state index contributed by atoms with van der Waals surface area (Å²) in [6, 6.07) is 2.45. The summed E-state index contributed by atoms with van der Waals surface area (Å²) >= 11 is 0. The van der Waals surface area contributed by atoms with Crippen molar-refractivity contribution in [3.63, 3.8) is 0 Å². The number of nitrogens with zero attached hydrogens (tertiary/aromatic N) is 1. The first kappa shape index (κ1) is 21.9. The topological polar surface area (TPSA) is 167 Å². The van der Waals surface area contributed by atoms with Crippen molar-refractivity contribution < 1.29 is 39.2 Å². The molecule has 0 aromatic heterocycles. The molecule has 2 atom stereocenters. The van der Waals surface area contributed by atoms with Crippen LogP contribution < -0.4 is 5.73 Å². The number of carbonyl (C=O) groups is 4. The zero-order chi connectivity index (χ0) is 20.9. The first-order valence-corrected chi connectivity index (χ1v) is 7.87. The molecule has 0 bridgehead atoms. The van der Waals surface area contributed by atoms with Gasteiger partial charge in [-0.3, -0.25) is 0 Å². The van der Waals surface area contributed by atoms with Crippen LogP contribution in [0.5, 0.6) is 0 Å². The van der Waals surface area contributed by atoms with E-state index in [2.05, 4.69) is 0 Å². The minimum atomic E-state index is -1.72. The molecule has 1 aromatic rings. The molecule has 10 nitrogen and oxygen atoms in total. The average molecular weight is 382 g/mol. The third-order valence-electron chi connectivity index (χ3n) is 3.38. The Morgan fingerprint density at radius 3 is 1.96 bits per heavy atom. The number of amides is 3. The summed E-state index contributed by atoms with van der Waals surface area (Å²) in [6.45, 7) is 4.64. The molecule has 0 radical (unpaired) electrons. The summed E-state index contributed by atoms with van der Waals surface area (Å²) in [5.74, 6) is -2.91. The minimum Gasteiger partial charge on any atom is -0.480 e. The predicted molar refractivity (Wildman–Crippen MR) is 91.8 cm³/mol. The number of carboxylic acid groups (broad SMARTS) is 2. The number of primary amides is 1. The zero-order valence-corrected chi connectivity index (χ0v) is 15.1. The second-order valence-corrected chi connectivity index (χ2v) is 6.73. The van der Waals surface area contributed by atoms with Gasteiger partial charge >= 0.3 is 24.1 Å². The van der Waals surface area contributed by atoms with Crippen LogP contribution in [0.15, 0.2) is 24.3 Å². The van der Waals surface area contributed by atoms with Gasteiger partial charge in [0.25, 0.3) is 0 Å². The molecular weight excluding hydrogens is 360 g/mol. The van der Waals surface area contributed by atoms with Crippen molar-refractivity contribution in [2.75, 3.05) is 0 Å². The van der Waals surface area contributed by atoms with Crippen LogP contribution in [0.1, 0.15) is 38.0 Å². The monoisotopic (exact) mass is 382 g/mol. The number of nitrogens with two attached hydrogens (primary N) is 1. The van der Waals surface area contributed by atoms with E-state index in [1.165, 1.54) is 24.3 Å². The van der Waals surface area contributed by atoms with Crippen LogP contribution in [0.4, 0.5) is 9.59 Å². The van der Waals surface area contributed by atoms with Gasteiger partial charge in [0, 0.05) is 6.42 Å². The van der Waals surface area contributed by atoms with Crippen LogP contribution in [0.2, 0.25) is 0 Å². The lowest BCUT2D eigenvalue weighted by Gasteiger charge is -2.28. The number of aliphatic hydroxyl groups is 1. The summed E-state index contributed by atoms with van der Waals surface area (Å²) in [7, 11) is 0. The van der Waals surface area contributed by atoms with Crippen molar-refractivity contribution >= 4 is 24.1 Å². The molecule has 0 aliphatic carbocycles. The standard InChI is InChI=1S/C17H22N2O8/c1-17(2,3)27-16(26)19(15(18)25)11(13(21)22)8-9-4-6-10(7-5-9)12(20)14(23)24/h4-7,11-12,20H,8H2,1-3H3,(H2,18,25)(H,21,22)(H,23,24)/t11-,12?/m0/s1. The molecule has 0 fully saturated rings. The Morgan fingerprint density at radius 1 is 1.07 bits per heavy atom. The molecule has 0 aliphatic rings. The molecule has 0 aliphatic heterocycles. The second-order valence-electron chi connectivity index (χ2n) is 6.73. The SMILES string of the molecule is CC(C)(C)OC(=O)N(C(N)=O)[C@@H](Cc1ccc(C(O)C(=O)O)cc1)C(=O)O. The molecule has 0 spiro atoms. The van der Waals surface area contributed by atoms with E-state index in [1.54, 1.807) is 20.8 Å². The van der Waals surface area contributed by atoms with Gasteiger partial charge in [-0.1, -0.05) is 24.3 Å². The Balaban J connectivity index is 3.09. The molecular formula is C17H22N2O8. The lowest BCUT2D eigenvalue weighted by atomic mass is 10.0. The van der Waals surface area contributed by atoms with E-state index in [4.69, 9.17) is 15.6 Å². The molecule has 0 heterocycles. The maximum absolute atomic E-state index is 12.2. The van der Waals surface area contributed by atoms with Gasteiger partial charge < -0.3 is 25.8 Å². The first-order chi connectivity index (χ1) is 12.3. The van der Waals surface area contributed by atoms with E-state index in [0.29, 0.717) is 10.5 Å². The smallest absolute Gasteiger partial charge is 0.419 e. The number of benzene rings is 1. The van der Waals surface area contributed by atoms with E-state index in [9.17, 15) is 29.4 Å². The Kier molecular flexibility index (Phi) is 6.89. The molecule has 27 heavy (non-hydrogen) atoms. The quantitative estimate of drug-likeness (QED) is 0.567. The van der Waals surface area contributed by atoms with Gasteiger partial charge in [0.15, 0.2) is 6.10 Å². The first-order valence-electron chi connectivity index (χ1n) is 7.87. The van der Waals surface area contributed by atoms with Gasteiger partial charge in [-0.05, 0) is 31.9 Å². The molecule has 3 amide bonds. The normalized spacial score (nSPS) is 13.3. The van der Waals surface area contributed by atoms with Crippen molar-refractivity contribution in [1.82, 2.24) is 4.90 Å².